The summed E-state index contributed by atoms with van der Waals surface area (Å²) >= 11 is 0. The molecular weight excluding hydrogens is 424 g/mol. The highest BCUT2D eigenvalue weighted by Gasteiger charge is 2.17. The number of nitrogens with one attached hydrogen (secondary N) is 1. The molecule has 3 N–H and O–H groups in total. The van der Waals surface area contributed by atoms with Gasteiger partial charge < -0.3 is 15.5 Å². The minimum absolute atomic E-state index is 0.0961. The van der Waals surface area contributed by atoms with Crippen LogP contribution in [0.15, 0.2) is 80.9 Å². The lowest BCUT2D eigenvalue weighted by atomic mass is 10.1. The Balaban J connectivity index is 1.68. The number of rotatable bonds is 8. The van der Waals surface area contributed by atoms with Gasteiger partial charge in [0.15, 0.2) is 0 Å². The molecule has 9 nitrogen and oxygen atoms in total. The van der Waals surface area contributed by atoms with Crippen molar-refractivity contribution in [2.75, 3.05) is 6.54 Å². The summed E-state index contributed by atoms with van der Waals surface area (Å²) in [4.78, 5) is 50.4. The molecule has 0 aliphatic heterocycles. The second-order valence-electron chi connectivity index (χ2n) is 7.53. The lowest BCUT2D eigenvalue weighted by Crippen LogP contribution is -2.42. The lowest BCUT2D eigenvalue weighted by molar-refractivity contribution is -0.118. The van der Waals surface area contributed by atoms with Gasteiger partial charge in [-0.2, -0.15) is 0 Å². The van der Waals surface area contributed by atoms with E-state index >= 15 is 0 Å². The first-order valence-corrected chi connectivity index (χ1v) is 10.3. The molecule has 0 saturated carbocycles. The van der Waals surface area contributed by atoms with E-state index in [2.05, 4.69) is 5.32 Å². The smallest absolute Gasteiger partial charge is 0.332 e. The van der Waals surface area contributed by atoms with Crippen LogP contribution in [0.5, 0.6) is 0 Å². The standard InChI is InChI=1S/C24H22N4O5/c25-21(29)15-27-20-13-17(22(30)26-11-10-16-5-2-1-3-6-16)8-9-19(20)23(31)28(24(27)32)14-18-7-4-12-33-18/h1-9,12-13H,10-11,14-15H2,(H2,25,29)(H,26,30). The molecule has 0 spiro atoms. The summed E-state index contributed by atoms with van der Waals surface area (Å²) in [5.41, 5.74) is 5.58. The maximum atomic E-state index is 13.1. The Hall–Kier alpha value is -4.40. The van der Waals surface area contributed by atoms with Crippen LogP contribution in [0, 0.1) is 0 Å². The van der Waals surface area contributed by atoms with Crippen LogP contribution >= 0.6 is 0 Å². The average Bonchev–Trinajstić information content (AvgIpc) is 3.33. The molecule has 2 aromatic carbocycles. The Labute approximate surface area is 188 Å². The van der Waals surface area contributed by atoms with Crippen LogP contribution in [0.1, 0.15) is 21.7 Å². The minimum Gasteiger partial charge on any atom is -0.467 e. The molecular formula is C24H22N4O5. The summed E-state index contributed by atoms with van der Waals surface area (Å²) in [7, 11) is 0. The van der Waals surface area contributed by atoms with E-state index in [0.29, 0.717) is 18.7 Å². The van der Waals surface area contributed by atoms with Gasteiger partial charge in [-0.25, -0.2) is 4.79 Å². The van der Waals surface area contributed by atoms with E-state index in [4.69, 9.17) is 10.2 Å². The Morgan fingerprint density at radius 2 is 1.76 bits per heavy atom. The van der Waals surface area contributed by atoms with Crippen molar-refractivity contribution in [3.05, 3.63) is 105 Å². The molecule has 0 unspecified atom stereocenters. The van der Waals surface area contributed by atoms with Crippen LogP contribution in [0.4, 0.5) is 0 Å². The molecule has 33 heavy (non-hydrogen) atoms. The number of primary amides is 1. The van der Waals surface area contributed by atoms with Crippen LogP contribution in [0.2, 0.25) is 0 Å². The third kappa shape index (κ3) is 4.77. The van der Waals surface area contributed by atoms with Gasteiger partial charge in [-0.05, 0) is 42.3 Å². The van der Waals surface area contributed by atoms with Gasteiger partial charge in [0.05, 0.1) is 23.7 Å². The number of carbonyl (C=O) groups excluding carboxylic acids is 2. The molecule has 4 rings (SSSR count). The average molecular weight is 446 g/mol. The molecule has 2 aromatic heterocycles. The van der Waals surface area contributed by atoms with E-state index in [-0.39, 0.29) is 28.9 Å². The van der Waals surface area contributed by atoms with Gasteiger partial charge >= 0.3 is 5.69 Å². The van der Waals surface area contributed by atoms with E-state index in [1.54, 1.807) is 12.1 Å². The predicted octanol–water partition coefficient (Wildman–Crippen LogP) is 1.26. The fourth-order valence-corrected chi connectivity index (χ4v) is 3.63. The van der Waals surface area contributed by atoms with Crippen LogP contribution < -0.4 is 22.3 Å². The van der Waals surface area contributed by atoms with Gasteiger partial charge in [-0.1, -0.05) is 30.3 Å². The Morgan fingerprint density at radius 1 is 0.970 bits per heavy atom. The Morgan fingerprint density at radius 3 is 2.45 bits per heavy atom. The largest absolute Gasteiger partial charge is 0.467 e. The summed E-state index contributed by atoms with van der Waals surface area (Å²) in [6, 6.07) is 17.4. The number of nitrogens with two attached hydrogens (primary N) is 1. The first-order valence-electron chi connectivity index (χ1n) is 10.3. The highest BCUT2D eigenvalue weighted by Crippen LogP contribution is 2.13. The highest BCUT2D eigenvalue weighted by atomic mass is 16.3. The second kappa shape index (κ2) is 9.39. The van der Waals surface area contributed by atoms with E-state index < -0.39 is 23.7 Å². The number of benzene rings is 2. The molecule has 0 fully saturated rings. The Kier molecular flexibility index (Phi) is 6.21. The van der Waals surface area contributed by atoms with Crippen LogP contribution in [0.3, 0.4) is 0 Å². The van der Waals surface area contributed by atoms with Crippen LogP contribution in [0.25, 0.3) is 10.9 Å². The van der Waals surface area contributed by atoms with Gasteiger partial charge in [0.1, 0.15) is 12.3 Å². The normalized spacial score (nSPS) is 10.9. The first kappa shape index (κ1) is 21.8. The van der Waals surface area contributed by atoms with E-state index in [1.165, 1.54) is 24.5 Å². The van der Waals surface area contributed by atoms with E-state index in [1.807, 2.05) is 30.3 Å². The van der Waals surface area contributed by atoms with Crippen LogP contribution in [-0.2, 0) is 24.3 Å². The zero-order valence-electron chi connectivity index (χ0n) is 17.7. The van der Waals surface area contributed by atoms with Gasteiger partial charge in [-0.15, -0.1) is 0 Å². The second-order valence-corrected chi connectivity index (χ2v) is 7.53. The van der Waals surface area contributed by atoms with Gasteiger partial charge in [-0.3, -0.25) is 23.5 Å². The Bertz CT molecular complexity index is 1420. The lowest BCUT2D eigenvalue weighted by Gasteiger charge is -2.13. The molecule has 0 radical (unpaired) electrons. The van der Waals surface area contributed by atoms with Crippen molar-refractivity contribution in [3.63, 3.8) is 0 Å². The van der Waals surface area contributed by atoms with Crippen molar-refractivity contribution in [2.45, 2.75) is 19.5 Å². The van der Waals surface area contributed by atoms with E-state index in [0.717, 1.165) is 14.7 Å². The zero-order chi connectivity index (χ0) is 23.4. The minimum atomic E-state index is -0.751. The third-order valence-corrected chi connectivity index (χ3v) is 5.24. The molecule has 168 valence electrons. The van der Waals surface area contributed by atoms with Gasteiger partial charge in [0.25, 0.3) is 11.5 Å². The monoisotopic (exact) mass is 446 g/mol. The maximum absolute atomic E-state index is 13.1. The third-order valence-electron chi connectivity index (χ3n) is 5.24. The highest BCUT2D eigenvalue weighted by molar-refractivity contribution is 5.97. The fourth-order valence-electron chi connectivity index (χ4n) is 3.63. The summed E-state index contributed by atoms with van der Waals surface area (Å²) in [6.45, 7) is -0.117. The fraction of sp³-hybridized carbons (Fsp3) is 0.167. The molecule has 0 aliphatic carbocycles. The molecule has 2 heterocycles. The van der Waals surface area contributed by atoms with Crippen molar-refractivity contribution >= 4 is 22.7 Å². The molecule has 0 atom stereocenters. The summed E-state index contributed by atoms with van der Waals surface area (Å²) in [5, 5.41) is 3.01. The van der Waals surface area contributed by atoms with Crippen molar-refractivity contribution in [3.8, 4) is 0 Å². The quantitative estimate of drug-likeness (QED) is 0.421. The molecule has 0 aliphatic rings. The van der Waals surface area contributed by atoms with Gasteiger partial charge in [0, 0.05) is 12.1 Å². The topological polar surface area (TPSA) is 129 Å². The zero-order valence-corrected chi connectivity index (χ0v) is 17.7. The number of aromatic nitrogens is 2. The summed E-state index contributed by atoms with van der Waals surface area (Å²) in [6.07, 6.45) is 2.09. The molecule has 0 saturated heterocycles. The number of hydrogen-bond acceptors (Lipinski definition) is 5. The van der Waals surface area contributed by atoms with Crippen molar-refractivity contribution in [1.82, 2.24) is 14.5 Å². The molecule has 2 amide bonds. The number of carbonyl (C=O) groups is 2. The van der Waals surface area contributed by atoms with Crippen molar-refractivity contribution in [1.29, 1.82) is 0 Å². The maximum Gasteiger partial charge on any atom is 0.332 e. The number of nitrogens with zero attached hydrogens (tertiary/aromatic N) is 2. The number of furan rings is 1. The summed E-state index contributed by atoms with van der Waals surface area (Å²) in [5.74, 6) is -0.696. The van der Waals surface area contributed by atoms with Crippen molar-refractivity contribution < 1.29 is 14.0 Å². The molecule has 0 bridgehead atoms. The number of hydrogen-bond donors (Lipinski definition) is 2. The summed E-state index contributed by atoms with van der Waals surface area (Å²) < 4.78 is 7.32. The molecule has 4 aromatic rings. The molecule has 9 heteroatoms. The van der Waals surface area contributed by atoms with E-state index in [9.17, 15) is 19.2 Å². The van der Waals surface area contributed by atoms with Crippen LogP contribution in [-0.4, -0.2) is 27.5 Å². The number of amides is 2. The predicted molar refractivity (Wildman–Crippen MR) is 122 cm³/mol. The van der Waals surface area contributed by atoms with Crippen molar-refractivity contribution in [2.24, 2.45) is 5.73 Å². The number of fused-ring (bicyclic) bond motifs is 1. The first-order chi connectivity index (χ1) is 15.9. The van der Waals surface area contributed by atoms with Gasteiger partial charge in [0.2, 0.25) is 5.91 Å². The SMILES string of the molecule is NC(=O)Cn1c(=O)n(Cc2ccco2)c(=O)c2ccc(C(=O)NCCc3ccccc3)cc21.